The summed E-state index contributed by atoms with van der Waals surface area (Å²) in [5, 5.41) is 6.47. The fraction of sp³-hybridized carbons (Fsp3) is 0.304. The van der Waals surface area contributed by atoms with Crippen LogP contribution in [0, 0.1) is 0 Å². The van der Waals surface area contributed by atoms with E-state index in [2.05, 4.69) is 25.0 Å². The van der Waals surface area contributed by atoms with Gasteiger partial charge in [-0.2, -0.15) is 4.31 Å². The topological polar surface area (TPSA) is 143 Å². The van der Waals surface area contributed by atoms with Crippen molar-refractivity contribution in [3.63, 3.8) is 0 Å². The number of H-pyrrole nitrogens is 1. The summed E-state index contributed by atoms with van der Waals surface area (Å²) in [6.07, 6.45) is 0.540. The molecule has 2 heterocycles. The van der Waals surface area contributed by atoms with Crippen molar-refractivity contribution in [2.75, 3.05) is 18.4 Å². The summed E-state index contributed by atoms with van der Waals surface area (Å²) in [7, 11) is -1.75. The van der Waals surface area contributed by atoms with Gasteiger partial charge in [0.25, 0.3) is 0 Å². The molecular formula is C23H26N6O5S. The Kier molecular flexibility index (Phi) is 6.85. The Bertz CT molecular complexity index is 1530. The zero-order valence-corrected chi connectivity index (χ0v) is 20.4. The van der Waals surface area contributed by atoms with E-state index < -0.39 is 15.8 Å². The van der Waals surface area contributed by atoms with Crippen molar-refractivity contribution in [1.29, 1.82) is 0 Å². The fourth-order valence-corrected chi connectivity index (χ4v) is 5.35. The van der Waals surface area contributed by atoms with Gasteiger partial charge in [0, 0.05) is 44.2 Å². The molecule has 184 valence electrons. The van der Waals surface area contributed by atoms with Crippen LogP contribution in [0.3, 0.4) is 0 Å². The lowest BCUT2D eigenvalue weighted by atomic mass is 10.2. The van der Waals surface area contributed by atoms with E-state index in [1.54, 1.807) is 56.3 Å². The van der Waals surface area contributed by atoms with Crippen LogP contribution in [0.15, 0.2) is 56.7 Å². The minimum absolute atomic E-state index is 0.173. The van der Waals surface area contributed by atoms with Crippen LogP contribution >= 0.6 is 0 Å². The van der Waals surface area contributed by atoms with Crippen LogP contribution in [0.25, 0.3) is 22.4 Å². The number of hydrogen-bond acceptors (Lipinski definition) is 7. The molecule has 0 radical (unpaired) electrons. The van der Waals surface area contributed by atoms with E-state index >= 15 is 0 Å². The van der Waals surface area contributed by atoms with Gasteiger partial charge in [0.1, 0.15) is 5.82 Å². The highest BCUT2D eigenvalue weighted by Gasteiger charge is 2.23. The lowest BCUT2D eigenvalue weighted by Crippen LogP contribution is -2.30. The second-order valence-electron chi connectivity index (χ2n) is 7.90. The number of imidazole rings is 1. The van der Waals surface area contributed by atoms with Crippen LogP contribution in [0.4, 0.5) is 5.69 Å². The number of hydrogen-bond donors (Lipinski definition) is 2. The number of aromatic nitrogens is 4. The van der Waals surface area contributed by atoms with Gasteiger partial charge in [0.15, 0.2) is 5.82 Å². The number of sulfonamides is 1. The van der Waals surface area contributed by atoms with Gasteiger partial charge >= 0.3 is 5.76 Å². The average molecular weight is 499 g/mol. The first-order chi connectivity index (χ1) is 16.7. The second kappa shape index (κ2) is 9.84. The molecule has 2 aromatic heterocycles. The van der Waals surface area contributed by atoms with Crippen LogP contribution < -0.4 is 11.1 Å². The second-order valence-corrected chi connectivity index (χ2v) is 9.84. The summed E-state index contributed by atoms with van der Waals surface area (Å²) in [5.74, 6) is 0.0666. The number of aromatic amines is 1. The quantitative estimate of drug-likeness (QED) is 0.361. The maximum absolute atomic E-state index is 12.8. The molecule has 0 aliphatic heterocycles. The molecule has 2 aromatic carbocycles. The molecule has 0 aliphatic rings. The number of nitrogens with one attached hydrogen (secondary N) is 2. The van der Waals surface area contributed by atoms with Crippen LogP contribution in [0.5, 0.6) is 0 Å². The lowest BCUT2D eigenvalue weighted by molar-refractivity contribution is -0.116. The van der Waals surface area contributed by atoms with E-state index in [0.717, 1.165) is 5.52 Å². The Morgan fingerprint density at radius 2 is 1.94 bits per heavy atom. The highest BCUT2D eigenvalue weighted by Crippen LogP contribution is 2.23. The Morgan fingerprint density at radius 1 is 1.17 bits per heavy atom. The molecule has 0 saturated heterocycles. The summed E-state index contributed by atoms with van der Waals surface area (Å²) in [4.78, 5) is 31.0. The summed E-state index contributed by atoms with van der Waals surface area (Å²) in [6.45, 7) is 4.38. The van der Waals surface area contributed by atoms with Gasteiger partial charge in [-0.1, -0.05) is 31.1 Å². The Labute approximate surface area is 201 Å². The maximum atomic E-state index is 12.8. The molecule has 0 atom stereocenters. The molecular weight excluding hydrogens is 472 g/mol. The molecule has 0 spiro atoms. The van der Waals surface area contributed by atoms with E-state index in [1.165, 1.54) is 4.31 Å². The van der Waals surface area contributed by atoms with E-state index in [1.807, 2.05) is 11.6 Å². The SMILES string of the molecule is CCN(CC)S(=O)(=O)c1ccc2c(c1)nc(CCC(=O)Nc1cccc(-c3noc(=O)[nH]3)c1)n2C. The molecule has 35 heavy (non-hydrogen) atoms. The normalized spacial score (nSPS) is 11.9. The molecule has 11 nitrogen and oxygen atoms in total. The summed E-state index contributed by atoms with van der Waals surface area (Å²) in [6, 6.07) is 11.8. The number of carbonyl (C=O) groups excluding carboxylic acids is 1. The third kappa shape index (κ3) is 5.03. The Morgan fingerprint density at radius 3 is 2.63 bits per heavy atom. The van der Waals surface area contributed by atoms with Crippen LogP contribution in [0.1, 0.15) is 26.1 Å². The third-order valence-corrected chi connectivity index (χ3v) is 7.77. The van der Waals surface area contributed by atoms with Crippen molar-refractivity contribution in [2.45, 2.75) is 31.6 Å². The van der Waals surface area contributed by atoms with Gasteiger partial charge in [-0.3, -0.25) is 14.3 Å². The highest BCUT2D eigenvalue weighted by molar-refractivity contribution is 7.89. The number of rotatable bonds is 9. The minimum atomic E-state index is -3.59. The fourth-order valence-electron chi connectivity index (χ4n) is 3.87. The van der Waals surface area contributed by atoms with Gasteiger partial charge in [-0.15, -0.1) is 0 Å². The first-order valence-electron chi connectivity index (χ1n) is 11.1. The molecule has 0 unspecified atom stereocenters. The average Bonchev–Trinajstić information content (AvgIpc) is 3.41. The van der Waals surface area contributed by atoms with E-state index in [0.29, 0.717) is 42.1 Å². The molecule has 4 rings (SSSR count). The smallest absolute Gasteiger partial charge is 0.331 e. The van der Waals surface area contributed by atoms with Gasteiger partial charge in [0.2, 0.25) is 15.9 Å². The summed E-state index contributed by atoms with van der Waals surface area (Å²) < 4.78 is 33.5. The van der Waals surface area contributed by atoms with Crippen molar-refractivity contribution in [1.82, 2.24) is 24.0 Å². The predicted octanol–water partition coefficient (Wildman–Crippen LogP) is 2.52. The Balaban J connectivity index is 1.47. The third-order valence-electron chi connectivity index (χ3n) is 5.72. The number of benzene rings is 2. The summed E-state index contributed by atoms with van der Waals surface area (Å²) in [5.41, 5.74) is 2.49. The number of amides is 1. The number of fused-ring (bicyclic) bond motifs is 1. The molecule has 4 aromatic rings. The first kappa shape index (κ1) is 24.4. The highest BCUT2D eigenvalue weighted by atomic mass is 32.2. The van der Waals surface area contributed by atoms with Gasteiger partial charge in [0.05, 0.1) is 15.9 Å². The van der Waals surface area contributed by atoms with E-state index in [-0.39, 0.29) is 23.0 Å². The predicted molar refractivity (Wildman–Crippen MR) is 130 cm³/mol. The lowest BCUT2D eigenvalue weighted by Gasteiger charge is -2.18. The van der Waals surface area contributed by atoms with Crippen molar-refractivity contribution in [3.05, 3.63) is 58.8 Å². The van der Waals surface area contributed by atoms with E-state index in [4.69, 9.17) is 0 Å². The largest absolute Gasteiger partial charge is 0.439 e. The van der Waals surface area contributed by atoms with Crippen LogP contribution in [0.2, 0.25) is 0 Å². The molecule has 2 N–H and O–H groups in total. The van der Waals surface area contributed by atoms with Crippen molar-refractivity contribution in [3.8, 4) is 11.4 Å². The first-order valence-corrected chi connectivity index (χ1v) is 12.6. The van der Waals surface area contributed by atoms with Gasteiger partial charge in [-0.25, -0.2) is 18.2 Å². The molecule has 0 aliphatic carbocycles. The van der Waals surface area contributed by atoms with E-state index in [9.17, 15) is 18.0 Å². The Hall–Kier alpha value is -3.77. The van der Waals surface area contributed by atoms with Crippen molar-refractivity contribution < 1.29 is 17.7 Å². The maximum Gasteiger partial charge on any atom is 0.439 e. The standard InChI is InChI=1S/C23H26N6O5S/c1-4-29(5-2)35(32,33)17-9-10-19-18(14-17)25-20(28(19)3)11-12-21(30)24-16-8-6-7-15(13-16)22-26-23(31)34-27-22/h6-10,13-14H,4-5,11-12H2,1-3H3,(H,24,30)(H,26,27,31). The van der Waals surface area contributed by atoms with Crippen molar-refractivity contribution in [2.24, 2.45) is 7.05 Å². The zero-order chi connectivity index (χ0) is 25.2. The van der Waals surface area contributed by atoms with Gasteiger partial charge < -0.3 is 9.88 Å². The molecule has 0 fully saturated rings. The number of aryl methyl sites for hydroxylation is 2. The van der Waals surface area contributed by atoms with Gasteiger partial charge in [-0.05, 0) is 30.3 Å². The number of nitrogens with zero attached hydrogens (tertiary/aromatic N) is 4. The minimum Gasteiger partial charge on any atom is -0.331 e. The molecule has 12 heteroatoms. The number of anilines is 1. The number of carbonyl (C=O) groups is 1. The molecule has 0 bridgehead atoms. The zero-order valence-electron chi connectivity index (χ0n) is 19.6. The van der Waals surface area contributed by atoms with Crippen molar-refractivity contribution >= 4 is 32.7 Å². The molecule has 1 amide bonds. The summed E-state index contributed by atoms with van der Waals surface area (Å²) >= 11 is 0. The molecule has 0 saturated carbocycles. The van der Waals surface area contributed by atoms with Crippen LogP contribution in [-0.2, 0) is 28.3 Å². The monoisotopic (exact) mass is 498 g/mol. The van der Waals surface area contributed by atoms with Crippen LogP contribution in [-0.4, -0.2) is 51.4 Å².